The van der Waals surface area contributed by atoms with E-state index in [9.17, 15) is 12.8 Å². The summed E-state index contributed by atoms with van der Waals surface area (Å²) in [6.45, 7) is 0.273. The van der Waals surface area contributed by atoms with Crippen LogP contribution in [0.1, 0.15) is 6.42 Å². The molecule has 84 valence electrons. The lowest BCUT2D eigenvalue weighted by molar-refractivity contribution is 0.565. The molecule has 0 spiro atoms. The van der Waals surface area contributed by atoms with E-state index in [1.807, 2.05) is 0 Å². The van der Waals surface area contributed by atoms with E-state index in [0.29, 0.717) is 10.9 Å². The van der Waals surface area contributed by atoms with Gasteiger partial charge in [-0.1, -0.05) is 15.9 Å². The molecule has 0 heterocycles. The summed E-state index contributed by atoms with van der Waals surface area (Å²) >= 11 is 3.10. The van der Waals surface area contributed by atoms with E-state index in [-0.39, 0.29) is 17.2 Å². The average Bonchev–Trinajstić information content (AvgIpc) is 2.18. The molecule has 0 aliphatic carbocycles. The predicted octanol–water partition coefficient (Wildman–Crippen LogP) is 1.71. The van der Waals surface area contributed by atoms with Crippen molar-refractivity contribution in [3.8, 4) is 0 Å². The topological polar surface area (TPSA) is 60.2 Å². The van der Waals surface area contributed by atoms with Crippen LogP contribution < -0.4 is 5.73 Å². The van der Waals surface area contributed by atoms with E-state index < -0.39 is 15.7 Å². The summed E-state index contributed by atoms with van der Waals surface area (Å²) in [4.78, 5) is -0.273. The van der Waals surface area contributed by atoms with E-state index in [4.69, 9.17) is 5.73 Å². The Balaban J connectivity index is 3.09. The fourth-order valence-electron chi connectivity index (χ4n) is 1.10. The van der Waals surface area contributed by atoms with Crippen molar-refractivity contribution < 1.29 is 12.8 Å². The first kappa shape index (κ1) is 12.6. The van der Waals surface area contributed by atoms with Crippen molar-refractivity contribution in [3.63, 3.8) is 0 Å². The summed E-state index contributed by atoms with van der Waals surface area (Å²) in [6.07, 6.45) is 0.328. The Bertz CT molecular complexity index is 447. The van der Waals surface area contributed by atoms with Crippen molar-refractivity contribution in [2.45, 2.75) is 11.3 Å². The van der Waals surface area contributed by atoms with Gasteiger partial charge < -0.3 is 5.73 Å². The van der Waals surface area contributed by atoms with Crippen LogP contribution in [0.2, 0.25) is 0 Å². The molecular formula is C9H11BrFNO2S. The zero-order valence-corrected chi connectivity index (χ0v) is 10.3. The van der Waals surface area contributed by atoms with Gasteiger partial charge in [0.25, 0.3) is 0 Å². The van der Waals surface area contributed by atoms with Crippen molar-refractivity contribution in [3.05, 3.63) is 28.5 Å². The van der Waals surface area contributed by atoms with E-state index in [0.717, 1.165) is 6.07 Å². The minimum absolute atomic E-state index is 0.128. The fourth-order valence-corrected chi connectivity index (χ4v) is 3.05. The lowest BCUT2D eigenvalue weighted by Crippen LogP contribution is -2.12. The SMILES string of the molecule is NCCCS(=O)(=O)c1cc(Br)ccc1F. The number of sulfone groups is 1. The van der Waals surface area contributed by atoms with Gasteiger partial charge in [-0.2, -0.15) is 0 Å². The quantitative estimate of drug-likeness (QED) is 0.920. The molecule has 0 aliphatic heterocycles. The smallest absolute Gasteiger partial charge is 0.181 e. The van der Waals surface area contributed by atoms with Crippen molar-refractivity contribution in [2.24, 2.45) is 5.73 Å². The maximum atomic E-state index is 13.3. The molecule has 0 unspecified atom stereocenters. The summed E-state index contributed by atoms with van der Waals surface area (Å²) in [7, 11) is -3.56. The normalized spacial score (nSPS) is 11.7. The largest absolute Gasteiger partial charge is 0.330 e. The molecule has 1 aromatic carbocycles. The van der Waals surface area contributed by atoms with Crippen molar-refractivity contribution >= 4 is 25.8 Å². The molecule has 0 atom stereocenters. The van der Waals surface area contributed by atoms with Gasteiger partial charge in [-0.3, -0.25) is 0 Å². The Labute approximate surface area is 96.5 Å². The van der Waals surface area contributed by atoms with Gasteiger partial charge >= 0.3 is 0 Å². The van der Waals surface area contributed by atoms with E-state index in [1.54, 1.807) is 0 Å². The Hall–Kier alpha value is -0.460. The molecule has 0 amide bonds. The predicted molar refractivity (Wildman–Crippen MR) is 59.8 cm³/mol. The molecule has 0 saturated carbocycles. The first-order chi connectivity index (χ1) is 6.97. The molecule has 0 bridgehead atoms. The zero-order chi connectivity index (χ0) is 11.5. The van der Waals surface area contributed by atoms with Crippen LogP contribution in [-0.4, -0.2) is 20.7 Å². The Morgan fingerprint density at radius 2 is 2.07 bits per heavy atom. The summed E-state index contributed by atoms with van der Waals surface area (Å²) in [5.74, 6) is -0.855. The van der Waals surface area contributed by atoms with Gasteiger partial charge in [-0.25, -0.2) is 12.8 Å². The van der Waals surface area contributed by atoms with Crippen LogP contribution >= 0.6 is 15.9 Å². The monoisotopic (exact) mass is 295 g/mol. The van der Waals surface area contributed by atoms with Crippen LogP contribution in [0.3, 0.4) is 0 Å². The minimum atomic E-state index is -3.56. The highest BCUT2D eigenvalue weighted by molar-refractivity contribution is 9.10. The molecule has 0 fully saturated rings. The maximum absolute atomic E-state index is 13.3. The Morgan fingerprint density at radius 1 is 1.40 bits per heavy atom. The van der Waals surface area contributed by atoms with E-state index >= 15 is 0 Å². The molecule has 3 nitrogen and oxygen atoms in total. The summed E-state index contributed by atoms with van der Waals surface area (Å²) in [5, 5.41) is 0. The van der Waals surface area contributed by atoms with Crippen LogP contribution in [-0.2, 0) is 9.84 Å². The minimum Gasteiger partial charge on any atom is -0.330 e. The van der Waals surface area contributed by atoms with Crippen LogP contribution in [0.4, 0.5) is 4.39 Å². The highest BCUT2D eigenvalue weighted by atomic mass is 79.9. The summed E-state index contributed by atoms with van der Waals surface area (Å²) in [6, 6.07) is 3.85. The second-order valence-electron chi connectivity index (χ2n) is 3.04. The third-order valence-electron chi connectivity index (χ3n) is 1.85. The summed E-state index contributed by atoms with van der Waals surface area (Å²) < 4.78 is 37.1. The van der Waals surface area contributed by atoms with Crippen LogP contribution in [0, 0.1) is 5.82 Å². The second kappa shape index (κ2) is 5.05. The lowest BCUT2D eigenvalue weighted by atomic mass is 10.3. The number of hydrogen-bond donors (Lipinski definition) is 1. The van der Waals surface area contributed by atoms with Crippen molar-refractivity contribution in [2.75, 3.05) is 12.3 Å². The Morgan fingerprint density at radius 3 is 2.67 bits per heavy atom. The molecule has 0 aromatic heterocycles. The number of hydrogen-bond acceptors (Lipinski definition) is 3. The van der Waals surface area contributed by atoms with Gasteiger partial charge in [0.2, 0.25) is 0 Å². The summed E-state index contributed by atoms with van der Waals surface area (Å²) in [5.41, 5.74) is 5.21. The highest BCUT2D eigenvalue weighted by Crippen LogP contribution is 2.21. The molecule has 0 radical (unpaired) electrons. The number of halogens is 2. The van der Waals surface area contributed by atoms with Gasteiger partial charge in [0.05, 0.1) is 5.75 Å². The highest BCUT2D eigenvalue weighted by Gasteiger charge is 2.18. The average molecular weight is 296 g/mol. The molecule has 15 heavy (non-hydrogen) atoms. The molecule has 1 aromatic rings. The second-order valence-corrected chi connectivity index (χ2v) is 6.03. The van der Waals surface area contributed by atoms with Gasteiger partial charge in [0.15, 0.2) is 9.84 Å². The third-order valence-corrected chi connectivity index (χ3v) is 4.15. The lowest BCUT2D eigenvalue weighted by Gasteiger charge is -2.05. The Kier molecular flexibility index (Phi) is 4.24. The van der Waals surface area contributed by atoms with Crippen LogP contribution in [0.25, 0.3) is 0 Å². The van der Waals surface area contributed by atoms with Crippen molar-refractivity contribution in [1.82, 2.24) is 0 Å². The van der Waals surface area contributed by atoms with Crippen LogP contribution in [0.15, 0.2) is 27.6 Å². The van der Waals surface area contributed by atoms with E-state index in [2.05, 4.69) is 15.9 Å². The molecule has 0 aliphatic rings. The number of nitrogens with two attached hydrogens (primary N) is 1. The van der Waals surface area contributed by atoms with Gasteiger partial charge in [0.1, 0.15) is 10.7 Å². The molecular weight excluding hydrogens is 285 g/mol. The molecule has 6 heteroatoms. The first-order valence-corrected chi connectivity index (χ1v) is 6.80. The number of benzene rings is 1. The fraction of sp³-hybridized carbons (Fsp3) is 0.333. The van der Waals surface area contributed by atoms with Gasteiger partial charge in [-0.05, 0) is 31.2 Å². The standard InChI is InChI=1S/C9H11BrFNO2S/c10-7-2-3-8(11)9(6-7)15(13,14)5-1-4-12/h2-3,6H,1,4-5,12H2. The molecule has 1 rings (SSSR count). The van der Waals surface area contributed by atoms with E-state index in [1.165, 1.54) is 12.1 Å². The zero-order valence-electron chi connectivity index (χ0n) is 7.91. The first-order valence-electron chi connectivity index (χ1n) is 4.35. The maximum Gasteiger partial charge on any atom is 0.181 e. The van der Waals surface area contributed by atoms with Gasteiger partial charge in [-0.15, -0.1) is 0 Å². The van der Waals surface area contributed by atoms with Crippen molar-refractivity contribution in [1.29, 1.82) is 0 Å². The van der Waals surface area contributed by atoms with Crippen LogP contribution in [0.5, 0.6) is 0 Å². The molecule has 0 saturated heterocycles. The molecule has 2 N–H and O–H groups in total. The number of rotatable bonds is 4. The third kappa shape index (κ3) is 3.25. The van der Waals surface area contributed by atoms with Gasteiger partial charge in [0, 0.05) is 4.47 Å².